The summed E-state index contributed by atoms with van der Waals surface area (Å²) in [5, 5.41) is 0.704. The molecule has 29 heavy (non-hydrogen) atoms. The number of carbonyl (C=O) groups is 1. The monoisotopic (exact) mass is 401 g/mol. The van der Waals surface area contributed by atoms with Crippen molar-refractivity contribution in [1.29, 1.82) is 0 Å². The normalized spacial score (nSPS) is 20.1. The summed E-state index contributed by atoms with van der Waals surface area (Å²) in [5.74, 6) is 1.68. The van der Waals surface area contributed by atoms with Gasteiger partial charge in [-0.25, -0.2) is 0 Å². The lowest BCUT2D eigenvalue weighted by atomic mass is 9.84. The molecule has 3 aromatic carbocycles. The number of hydrogen-bond acceptors (Lipinski definition) is 2. The summed E-state index contributed by atoms with van der Waals surface area (Å²) >= 11 is 6.11. The maximum atomic E-state index is 12.7. The van der Waals surface area contributed by atoms with Crippen molar-refractivity contribution in [3.8, 4) is 11.5 Å². The van der Waals surface area contributed by atoms with Gasteiger partial charge in [0, 0.05) is 17.0 Å². The number of carbonyl (C=O) groups excluding carboxylic acids is 1. The van der Waals surface area contributed by atoms with Crippen LogP contribution < -0.4 is 9.64 Å². The molecule has 0 aromatic heterocycles. The van der Waals surface area contributed by atoms with Gasteiger partial charge in [-0.15, -0.1) is 0 Å². The van der Waals surface area contributed by atoms with Gasteiger partial charge in [0.2, 0.25) is 5.91 Å². The Morgan fingerprint density at radius 3 is 2.48 bits per heavy atom. The fraction of sp³-hybridized carbons (Fsp3) is 0.160. The van der Waals surface area contributed by atoms with Gasteiger partial charge >= 0.3 is 0 Å². The Kier molecular flexibility index (Phi) is 4.21. The molecule has 0 aliphatic carbocycles. The molecule has 0 bridgehead atoms. The average Bonchev–Trinajstić information content (AvgIpc) is 3.04. The molecule has 3 aromatic rings. The molecule has 5 rings (SSSR count). The zero-order valence-electron chi connectivity index (χ0n) is 16.1. The molecule has 0 radical (unpaired) electrons. The number of amides is 1. The minimum Gasteiger partial charge on any atom is -0.457 e. The lowest BCUT2D eigenvalue weighted by Crippen LogP contribution is -2.44. The maximum absolute atomic E-state index is 12.7. The Hall–Kier alpha value is -3.04. The fourth-order valence-corrected chi connectivity index (χ4v) is 4.41. The number of fused-ring (bicyclic) bond motifs is 3. The summed E-state index contributed by atoms with van der Waals surface area (Å²) in [6.45, 7) is 2.13. The summed E-state index contributed by atoms with van der Waals surface area (Å²) in [6.07, 6.45) is 3.59. The Morgan fingerprint density at radius 1 is 0.966 bits per heavy atom. The van der Waals surface area contributed by atoms with E-state index >= 15 is 0 Å². The van der Waals surface area contributed by atoms with Crippen LogP contribution >= 0.6 is 11.6 Å². The highest BCUT2D eigenvalue weighted by Crippen LogP contribution is 2.48. The van der Waals surface area contributed by atoms with Crippen molar-refractivity contribution in [1.82, 2.24) is 0 Å². The lowest BCUT2D eigenvalue weighted by Gasteiger charge is -2.39. The van der Waals surface area contributed by atoms with Crippen molar-refractivity contribution in [2.24, 2.45) is 0 Å². The zero-order chi connectivity index (χ0) is 20.0. The number of hydrogen-bond donors (Lipinski definition) is 0. The molecule has 0 spiro atoms. The number of halogens is 1. The molecule has 1 amide bonds. The van der Waals surface area contributed by atoms with Crippen LogP contribution in [0.3, 0.4) is 0 Å². The third-order valence-electron chi connectivity index (χ3n) is 5.69. The van der Waals surface area contributed by atoms with Crippen LogP contribution in [0.1, 0.15) is 30.9 Å². The van der Waals surface area contributed by atoms with Crippen molar-refractivity contribution < 1.29 is 9.53 Å². The molecule has 1 saturated heterocycles. The molecule has 2 aliphatic heterocycles. The Balaban J connectivity index is 1.65. The average molecular weight is 402 g/mol. The summed E-state index contributed by atoms with van der Waals surface area (Å²) in [6, 6.07) is 23.5. The zero-order valence-corrected chi connectivity index (χ0v) is 16.8. The van der Waals surface area contributed by atoms with E-state index in [2.05, 4.69) is 13.0 Å². The first-order chi connectivity index (χ1) is 14.0. The van der Waals surface area contributed by atoms with E-state index in [4.69, 9.17) is 16.3 Å². The number of nitrogens with zero attached hydrogens (tertiary/aromatic N) is 1. The molecule has 1 fully saturated rings. The molecule has 2 heterocycles. The largest absolute Gasteiger partial charge is 0.457 e. The van der Waals surface area contributed by atoms with Crippen LogP contribution in [0.2, 0.25) is 5.02 Å². The molecular weight excluding hydrogens is 382 g/mol. The van der Waals surface area contributed by atoms with E-state index in [9.17, 15) is 4.79 Å². The third-order valence-corrected chi connectivity index (χ3v) is 5.95. The van der Waals surface area contributed by atoms with Crippen LogP contribution in [-0.2, 0) is 4.79 Å². The molecule has 0 saturated carbocycles. The number of rotatable bonds is 3. The lowest BCUT2D eigenvalue weighted by molar-refractivity contribution is -0.117. The SMILES string of the molecule is CC12C=C(c3ccc(Cl)cc3)c3cc(Oc4ccccc4)ccc3N1C(=O)CC2. The van der Waals surface area contributed by atoms with Crippen LogP contribution in [0.4, 0.5) is 5.69 Å². The topological polar surface area (TPSA) is 29.5 Å². The molecule has 144 valence electrons. The van der Waals surface area contributed by atoms with E-state index in [-0.39, 0.29) is 11.4 Å². The van der Waals surface area contributed by atoms with Gasteiger partial charge in [0.05, 0.1) is 11.2 Å². The van der Waals surface area contributed by atoms with E-state index < -0.39 is 0 Å². The molecule has 4 heteroatoms. The van der Waals surface area contributed by atoms with E-state index in [1.807, 2.05) is 77.7 Å². The van der Waals surface area contributed by atoms with E-state index in [0.29, 0.717) is 11.4 Å². The second-order valence-corrected chi connectivity index (χ2v) is 8.18. The van der Waals surface area contributed by atoms with Crippen LogP contribution in [0, 0.1) is 0 Å². The quantitative estimate of drug-likeness (QED) is 0.503. The fourth-order valence-electron chi connectivity index (χ4n) is 4.29. The van der Waals surface area contributed by atoms with Gasteiger partial charge in [-0.05, 0) is 66.9 Å². The second-order valence-electron chi connectivity index (χ2n) is 7.75. The van der Waals surface area contributed by atoms with Crippen LogP contribution in [0.25, 0.3) is 5.57 Å². The summed E-state index contributed by atoms with van der Waals surface area (Å²) in [7, 11) is 0. The van der Waals surface area contributed by atoms with Crippen molar-refractivity contribution in [3.05, 3.63) is 95.0 Å². The van der Waals surface area contributed by atoms with Gasteiger partial charge in [-0.3, -0.25) is 4.79 Å². The van der Waals surface area contributed by atoms with Crippen molar-refractivity contribution in [3.63, 3.8) is 0 Å². The van der Waals surface area contributed by atoms with Gasteiger partial charge in [-0.2, -0.15) is 0 Å². The van der Waals surface area contributed by atoms with E-state index in [1.165, 1.54) is 0 Å². The summed E-state index contributed by atoms with van der Waals surface area (Å²) < 4.78 is 6.06. The number of anilines is 1. The number of para-hydroxylation sites is 1. The maximum Gasteiger partial charge on any atom is 0.227 e. The highest BCUT2D eigenvalue weighted by Gasteiger charge is 2.45. The van der Waals surface area contributed by atoms with Crippen LogP contribution in [0.5, 0.6) is 11.5 Å². The molecular formula is C25H20ClNO2. The molecule has 1 unspecified atom stereocenters. The first-order valence-corrected chi connectivity index (χ1v) is 10.1. The van der Waals surface area contributed by atoms with E-state index in [0.717, 1.165) is 40.3 Å². The standard InChI is InChI=1S/C25H20ClNO2/c1-25-14-13-24(28)27(25)23-12-11-20(29-19-5-3-2-4-6-19)15-21(23)22(16-25)17-7-9-18(26)10-8-17/h2-12,15-16H,13-14H2,1H3. The van der Waals surface area contributed by atoms with Crippen LogP contribution in [0.15, 0.2) is 78.9 Å². The smallest absolute Gasteiger partial charge is 0.227 e. The van der Waals surface area contributed by atoms with Gasteiger partial charge in [-0.1, -0.05) is 48.0 Å². The predicted octanol–water partition coefficient (Wildman–Crippen LogP) is 6.46. The summed E-state index contributed by atoms with van der Waals surface area (Å²) in [5.41, 5.74) is 3.79. The molecule has 1 atom stereocenters. The second kappa shape index (κ2) is 6.78. The highest BCUT2D eigenvalue weighted by molar-refractivity contribution is 6.30. The minimum absolute atomic E-state index is 0.164. The molecule has 3 nitrogen and oxygen atoms in total. The van der Waals surface area contributed by atoms with Gasteiger partial charge in [0.1, 0.15) is 11.5 Å². The molecule has 0 N–H and O–H groups in total. The van der Waals surface area contributed by atoms with Gasteiger partial charge < -0.3 is 9.64 Å². The first-order valence-electron chi connectivity index (χ1n) is 9.73. The van der Waals surface area contributed by atoms with Crippen LogP contribution in [-0.4, -0.2) is 11.4 Å². The third kappa shape index (κ3) is 3.12. The molecule has 2 aliphatic rings. The predicted molar refractivity (Wildman–Crippen MR) is 117 cm³/mol. The van der Waals surface area contributed by atoms with Gasteiger partial charge in [0.15, 0.2) is 0 Å². The minimum atomic E-state index is -0.319. The first kappa shape index (κ1) is 18.0. The van der Waals surface area contributed by atoms with Gasteiger partial charge in [0.25, 0.3) is 0 Å². The number of benzene rings is 3. The Bertz CT molecular complexity index is 1120. The van der Waals surface area contributed by atoms with Crippen molar-refractivity contribution >= 4 is 28.8 Å². The highest BCUT2D eigenvalue weighted by atomic mass is 35.5. The van der Waals surface area contributed by atoms with E-state index in [1.54, 1.807) is 0 Å². The van der Waals surface area contributed by atoms with Crippen molar-refractivity contribution in [2.75, 3.05) is 4.90 Å². The Morgan fingerprint density at radius 2 is 1.72 bits per heavy atom. The summed E-state index contributed by atoms with van der Waals surface area (Å²) in [4.78, 5) is 14.6. The Labute approximate surface area is 175 Å². The number of ether oxygens (including phenoxy) is 1. The van der Waals surface area contributed by atoms with Crippen molar-refractivity contribution in [2.45, 2.75) is 25.3 Å².